The number of unbranched alkanes of at least 4 members (excludes halogenated alkanes) is 28. The maximum atomic E-state index is 12.8. The Labute approximate surface area is 371 Å². The van der Waals surface area contributed by atoms with E-state index in [1.54, 1.807) is 0 Å². The standard InChI is InChI=1S/C54H96O6/c1-4-7-10-13-16-19-22-25-26-27-30-32-35-38-41-44-47-53(56)59-50-51(60-54(57)48-45-42-39-36-33-29-24-21-18-15-12-9-6-3)49-58-52(55)46-43-40-37-34-31-28-23-20-17-14-11-8-5-2/h26-33,51H,4-25,34-50H2,1-3H3/b27-26-,31-28-,32-30-,33-29-. The zero-order chi connectivity index (χ0) is 43.7. The summed E-state index contributed by atoms with van der Waals surface area (Å²) in [5, 5.41) is 0. The minimum Gasteiger partial charge on any atom is -0.462 e. The molecule has 0 rings (SSSR count). The van der Waals surface area contributed by atoms with Crippen molar-refractivity contribution in [1.29, 1.82) is 0 Å². The molecule has 0 bridgehead atoms. The number of allylic oxidation sites excluding steroid dienone is 8. The molecule has 1 atom stereocenters. The SMILES string of the molecule is CCCCCCCC/C=C\CCCCCC(=O)OCC(COC(=O)CCCCC/C=C\C=C/CCCCCCCCC)OC(=O)CCCCC/C=C\CCCCCCCC. The largest absolute Gasteiger partial charge is 0.462 e. The number of hydrogen-bond acceptors (Lipinski definition) is 6. The fraction of sp³-hybridized carbons (Fsp3) is 0.796. The van der Waals surface area contributed by atoms with Crippen LogP contribution < -0.4 is 0 Å². The molecule has 0 aromatic heterocycles. The Bertz CT molecular complexity index is 1060. The number of rotatable bonds is 46. The molecule has 0 aliphatic rings. The van der Waals surface area contributed by atoms with Crippen LogP contribution in [-0.4, -0.2) is 37.2 Å². The molecule has 60 heavy (non-hydrogen) atoms. The van der Waals surface area contributed by atoms with Crippen molar-refractivity contribution in [1.82, 2.24) is 0 Å². The number of ether oxygens (including phenoxy) is 3. The molecule has 6 nitrogen and oxygen atoms in total. The minimum absolute atomic E-state index is 0.0950. The van der Waals surface area contributed by atoms with Gasteiger partial charge in [-0.3, -0.25) is 14.4 Å². The van der Waals surface area contributed by atoms with Crippen LogP contribution in [0.3, 0.4) is 0 Å². The van der Waals surface area contributed by atoms with Gasteiger partial charge in [0.05, 0.1) is 0 Å². The smallest absolute Gasteiger partial charge is 0.306 e. The van der Waals surface area contributed by atoms with Gasteiger partial charge in [0.15, 0.2) is 6.10 Å². The van der Waals surface area contributed by atoms with Crippen LogP contribution in [0.5, 0.6) is 0 Å². The first-order valence-corrected chi connectivity index (χ1v) is 25.7. The average Bonchev–Trinajstić information content (AvgIpc) is 3.24. The highest BCUT2D eigenvalue weighted by Crippen LogP contribution is 2.13. The third-order valence-corrected chi connectivity index (χ3v) is 11.1. The van der Waals surface area contributed by atoms with Crippen LogP contribution >= 0.6 is 0 Å². The lowest BCUT2D eigenvalue weighted by molar-refractivity contribution is -0.167. The molecule has 0 aliphatic carbocycles. The molecule has 1 unspecified atom stereocenters. The molecular weight excluding hydrogens is 745 g/mol. The summed E-state index contributed by atoms with van der Waals surface area (Å²) in [6.45, 7) is 6.57. The van der Waals surface area contributed by atoms with Gasteiger partial charge in [0.1, 0.15) is 13.2 Å². The summed E-state index contributed by atoms with van der Waals surface area (Å²) in [6, 6.07) is 0. The Morgan fingerprint density at radius 3 is 0.933 bits per heavy atom. The molecule has 0 saturated heterocycles. The van der Waals surface area contributed by atoms with Gasteiger partial charge in [0.2, 0.25) is 0 Å². The van der Waals surface area contributed by atoms with E-state index in [9.17, 15) is 14.4 Å². The maximum Gasteiger partial charge on any atom is 0.306 e. The van der Waals surface area contributed by atoms with Crippen LogP contribution in [0.15, 0.2) is 48.6 Å². The van der Waals surface area contributed by atoms with Crippen molar-refractivity contribution in [2.45, 2.75) is 264 Å². The van der Waals surface area contributed by atoms with Crippen LogP contribution in [0.25, 0.3) is 0 Å². The highest BCUT2D eigenvalue weighted by Gasteiger charge is 2.19. The summed E-state index contributed by atoms with van der Waals surface area (Å²) in [6.07, 6.45) is 58.1. The number of carbonyl (C=O) groups excluding carboxylic acids is 3. The van der Waals surface area contributed by atoms with Gasteiger partial charge >= 0.3 is 17.9 Å². The third-order valence-electron chi connectivity index (χ3n) is 11.1. The average molecular weight is 841 g/mol. The predicted octanol–water partition coefficient (Wildman–Crippen LogP) is 16.7. The van der Waals surface area contributed by atoms with Gasteiger partial charge in [-0.25, -0.2) is 0 Å². The maximum absolute atomic E-state index is 12.8. The molecule has 348 valence electrons. The van der Waals surface area contributed by atoms with E-state index in [2.05, 4.69) is 69.4 Å². The lowest BCUT2D eigenvalue weighted by Crippen LogP contribution is -2.30. The Balaban J connectivity index is 4.45. The molecule has 0 aliphatic heterocycles. The first kappa shape index (κ1) is 57.4. The van der Waals surface area contributed by atoms with Gasteiger partial charge in [-0.2, -0.15) is 0 Å². The van der Waals surface area contributed by atoms with Crippen LogP contribution in [0.2, 0.25) is 0 Å². The Morgan fingerprint density at radius 2 is 0.600 bits per heavy atom. The van der Waals surface area contributed by atoms with E-state index in [0.29, 0.717) is 19.3 Å². The van der Waals surface area contributed by atoms with E-state index in [4.69, 9.17) is 14.2 Å². The van der Waals surface area contributed by atoms with Crippen LogP contribution in [0.4, 0.5) is 0 Å². The molecule has 0 N–H and O–H groups in total. The van der Waals surface area contributed by atoms with Crippen LogP contribution in [-0.2, 0) is 28.6 Å². The Kier molecular flexibility index (Phi) is 46.9. The fourth-order valence-corrected chi connectivity index (χ4v) is 7.13. The zero-order valence-electron chi connectivity index (χ0n) is 39.7. The van der Waals surface area contributed by atoms with E-state index >= 15 is 0 Å². The minimum atomic E-state index is -0.795. The Morgan fingerprint density at radius 1 is 0.333 bits per heavy atom. The van der Waals surface area contributed by atoms with Gasteiger partial charge in [0, 0.05) is 19.3 Å². The summed E-state index contributed by atoms with van der Waals surface area (Å²) in [4.78, 5) is 37.9. The molecule has 0 aromatic carbocycles. The van der Waals surface area contributed by atoms with E-state index in [0.717, 1.165) is 96.3 Å². The second kappa shape index (κ2) is 49.0. The van der Waals surface area contributed by atoms with E-state index in [-0.39, 0.29) is 31.1 Å². The molecule has 0 spiro atoms. The van der Waals surface area contributed by atoms with Crippen molar-refractivity contribution >= 4 is 17.9 Å². The van der Waals surface area contributed by atoms with Gasteiger partial charge in [-0.1, -0.05) is 191 Å². The second-order valence-corrected chi connectivity index (χ2v) is 17.1. The van der Waals surface area contributed by atoms with E-state index in [1.807, 2.05) is 0 Å². The highest BCUT2D eigenvalue weighted by atomic mass is 16.6. The number of hydrogen-bond donors (Lipinski definition) is 0. The number of esters is 3. The lowest BCUT2D eigenvalue weighted by Gasteiger charge is -2.18. The summed E-state index contributed by atoms with van der Waals surface area (Å²) in [5.74, 6) is -0.948. The molecular formula is C54H96O6. The monoisotopic (exact) mass is 841 g/mol. The molecule has 0 aromatic rings. The molecule has 0 saturated carbocycles. The molecule has 6 heteroatoms. The topological polar surface area (TPSA) is 78.9 Å². The van der Waals surface area contributed by atoms with Crippen LogP contribution in [0, 0.1) is 0 Å². The van der Waals surface area contributed by atoms with Crippen molar-refractivity contribution < 1.29 is 28.6 Å². The lowest BCUT2D eigenvalue weighted by atomic mass is 10.1. The van der Waals surface area contributed by atoms with Crippen molar-refractivity contribution in [3.05, 3.63) is 48.6 Å². The van der Waals surface area contributed by atoms with Crippen molar-refractivity contribution in [2.24, 2.45) is 0 Å². The quantitative estimate of drug-likeness (QED) is 0.0200. The summed E-state index contributed by atoms with van der Waals surface area (Å²) in [7, 11) is 0. The summed E-state index contributed by atoms with van der Waals surface area (Å²) >= 11 is 0. The van der Waals surface area contributed by atoms with Gasteiger partial charge < -0.3 is 14.2 Å². The summed E-state index contributed by atoms with van der Waals surface area (Å²) in [5.41, 5.74) is 0. The first-order valence-electron chi connectivity index (χ1n) is 25.7. The fourth-order valence-electron chi connectivity index (χ4n) is 7.13. The van der Waals surface area contributed by atoms with E-state index < -0.39 is 6.10 Å². The number of carbonyl (C=O) groups is 3. The second-order valence-electron chi connectivity index (χ2n) is 17.1. The zero-order valence-corrected chi connectivity index (χ0v) is 39.7. The molecule has 0 radical (unpaired) electrons. The normalized spacial score (nSPS) is 12.4. The third kappa shape index (κ3) is 46.4. The first-order chi connectivity index (χ1) is 29.5. The van der Waals surface area contributed by atoms with E-state index in [1.165, 1.54) is 122 Å². The van der Waals surface area contributed by atoms with Crippen LogP contribution in [0.1, 0.15) is 258 Å². The van der Waals surface area contributed by atoms with Gasteiger partial charge in [0.25, 0.3) is 0 Å². The van der Waals surface area contributed by atoms with Gasteiger partial charge in [-0.15, -0.1) is 0 Å². The highest BCUT2D eigenvalue weighted by molar-refractivity contribution is 5.71. The van der Waals surface area contributed by atoms with Crippen molar-refractivity contribution in [3.8, 4) is 0 Å². The summed E-state index contributed by atoms with van der Waals surface area (Å²) < 4.78 is 16.7. The predicted molar refractivity (Wildman–Crippen MR) is 256 cm³/mol. The molecule has 0 amide bonds. The van der Waals surface area contributed by atoms with Crippen molar-refractivity contribution in [2.75, 3.05) is 13.2 Å². The van der Waals surface area contributed by atoms with Crippen molar-refractivity contribution in [3.63, 3.8) is 0 Å². The van der Waals surface area contributed by atoms with Gasteiger partial charge in [-0.05, 0) is 96.3 Å². The molecule has 0 heterocycles. The molecule has 0 fully saturated rings. The Hall–Kier alpha value is -2.63.